The fourth-order valence-corrected chi connectivity index (χ4v) is 2.20. The molecule has 0 amide bonds. The molecule has 1 aromatic heterocycles. The highest BCUT2D eigenvalue weighted by atomic mass is 35.5. The number of rotatable bonds is 5. The minimum absolute atomic E-state index is 0.0151. The first kappa shape index (κ1) is 15.9. The lowest BCUT2D eigenvalue weighted by molar-refractivity contribution is -0.0536. The molecule has 2 aromatic rings. The molecule has 0 atom stereocenters. The third-order valence-corrected chi connectivity index (χ3v) is 3.08. The van der Waals surface area contributed by atoms with Crippen LogP contribution < -0.4 is 10.3 Å². The van der Waals surface area contributed by atoms with Crippen molar-refractivity contribution in [3.63, 3.8) is 0 Å². The third kappa shape index (κ3) is 4.02. The number of hydrogen-bond acceptors (Lipinski definition) is 4. The van der Waals surface area contributed by atoms with Crippen molar-refractivity contribution in [3.8, 4) is 11.9 Å². The van der Waals surface area contributed by atoms with Crippen molar-refractivity contribution in [1.29, 1.82) is 5.26 Å². The van der Waals surface area contributed by atoms with Gasteiger partial charge in [-0.15, -0.1) is 0 Å². The molecule has 0 spiro atoms. The molecule has 0 saturated carbocycles. The van der Waals surface area contributed by atoms with Gasteiger partial charge in [-0.3, -0.25) is 4.79 Å². The predicted octanol–water partition coefficient (Wildman–Crippen LogP) is 2.68. The monoisotopic (exact) mass is 325 g/mol. The van der Waals surface area contributed by atoms with Gasteiger partial charge in [-0.1, -0.05) is 11.6 Å². The van der Waals surface area contributed by atoms with Crippen LogP contribution in [0.5, 0.6) is 5.88 Å². The minimum atomic E-state index is -3.07. The standard InChI is InChI=1S/C14H10ClF2N3O2/c15-10-4-8(3-9(5-10)6-18)1-2-11-12(21)19-7-20-13(11)22-14(16)17/h3-5,7,14H,1-2H2,(H,19,20,21). The highest BCUT2D eigenvalue weighted by molar-refractivity contribution is 6.30. The number of H-pyrrole nitrogens is 1. The molecule has 0 fully saturated rings. The van der Waals surface area contributed by atoms with E-state index in [2.05, 4.69) is 14.7 Å². The predicted molar refractivity (Wildman–Crippen MR) is 75.1 cm³/mol. The number of aromatic nitrogens is 2. The van der Waals surface area contributed by atoms with Crippen molar-refractivity contribution in [2.75, 3.05) is 0 Å². The van der Waals surface area contributed by atoms with Crippen LogP contribution in [0.15, 0.2) is 29.3 Å². The summed E-state index contributed by atoms with van der Waals surface area (Å²) in [6.07, 6.45) is 1.44. The Morgan fingerprint density at radius 1 is 1.36 bits per heavy atom. The van der Waals surface area contributed by atoms with Crippen LogP contribution in [0.4, 0.5) is 8.78 Å². The summed E-state index contributed by atoms with van der Waals surface area (Å²) in [5.74, 6) is -0.402. The van der Waals surface area contributed by atoms with Crippen molar-refractivity contribution in [1.82, 2.24) is 9.97 Å². The first-order chi connectivity index (χ1) is 10.5. The van der Waals surface area contributed by atoms with Gasteiger partial charge in [0.15, 0.2) is 0 Å². The van der Waals surface area contributed by atoms with Crippen LogP contribution in [0.2, 0.25) is 5.02 Å². The summed E-state index contributed by atoms with van der Waals surface area (Å²) in [7, 11) is 0. The van der Waals surface area contributed by atoms with E-state index in [9.17, 15) is 13.6 Å². The number of aromatic amines is 1. The van der Waals surface area contributed by atoms with Gasteiger partial charge >= 0.3 is 6.61 Å². The van der Waals surface area contributed by atoms with E-state index in [4.69, 9.17) is 16.9 Å². The first-order valence-electron chi connectivity index (χ1n) is 6.20. The molecule has 1 aromatic carbocycles. The lowest BCUT2D eigenvalue weighted by Gasteiger charge is -2.08. The normalized spacial score (nSPS) is 10.5. The Morgan fingerprint density at radius 2 is 2.14 bits per heavy atom. The van der Waals surface area contributed by atoms with Gasteiger partial charge in [0.25, 0.3) is 5.56 Å². The Labute approximate surface area is 129 Å². The van der Waals surface area contributed by atoms with E-state index < -0.39 is 18.1 Å². The Hall–Kier alpha value is -2.46. The van der Waals surface area contributed by atoms with E-state index in [0.29, 0.717) is 22.6 Å². The van der Waals surface area contributed by atoms with Gasteiger partial charge in [-0.05, 0) is 36.6 Å². The van der Waals surface area contributed by atoms with Gasteiger partial charge < -0.3 is 9.72 Å². The topological polar surface area (TPSA) is 78.8 Å². The SMILES string of the molecule is N#Cc1cc(Cl)cc(CCc2c(OC(F)F)nc[nH]c2=O)c1. The van der Waals surface area contributed by atoms with Crippen LogP contribution in [0, 0.1) is 11.3 Å². The van der Waals surface area contributed by atoms with Crippen molar-refractivity contribution in [3.05, 3.63) is 56.6 Å². The van der Waals surface area contributed by atoms with E-state index in [1.807, 2.05) is 6.07 Å². The number of nitrogens with one attached hydrogen (secondary N) is 1. The second-order valence-corrected chi connectivity index (χ2v) is 4.79. The smallest absolute Gasteiger partial charge is 0.388 e. The van der Waals surface area contributed by atoms with Crippen molar-refractivity contribution < 1.29 is 13.5 Å². The quantitative estimate of drug-likeness (QED) is 0.916. The van der Waals surface area contributed by atoms with Crippen LogP contribution in [0.1, 0.15) is 16.7 Å². The van der Waals surface area contributed by atoms with E-state index in [1.54, 1.807) is 12.1 Å². The largest absolute Gasteiger partial charge is 0.416 e. The molecule has 0 unspecified atom stereocenters. The average Bonchev–Trinajstić information content (AvgIpc) is 2.45. The molecule has 2 rings (SSSR count). The molecule has 1 N–H and O–H groups in total. The number of aryl methyl sites for hydroxylation is 1. The maximum Gasteiger partial charge on any atom is 0.388 e. The summed E-state index contributed by atoms with van der Waals surface area (Å²) in [6.45, 7) is -3.07. The molecule has 8 heteroatoms. The molecule has 22 heavy (non-hydrogen) atoms. The minimum Gasteiger partial charge on any atom is -0.416 e. The maximum absolute atomic E-state index is 12.3. The van der Waals surface area contributed by atoms with Gasteiger partial charge in [0.1, 0.15) is 0 Å². The van der Waals surface area contributed by atoms with Gasteiger partial charge in [-0.25, -0.2) is 4.98 Å². The molecule has 0 aliphatic rings. The van der Waals surface area contributed by atoms with Crippen LogP contribution in [-0.4, -0.2) is 16.6 Å². The molecule has 114 valence electrons. The summed E-state index contributed by atoms with van der Waals surface area (Å²) in [6, 6.07) is 6.73. The van der Waals surface area contributed by atoms with Gasteiger partial charge in [0, 0.05) is 5.02 Å². The van der Waals surface area contributed by atoms with Gasteiger partial charge in [0.05, 0.1) is 23.5 Å². The van der Waals surface area contributed by atoms with Gasteiger partial charge in [-0.2, -0.15) is 14.0 Å². The summed E-state index contributed by atoms with van der Waals surface area (Å²) in [5, 5.41) is 9.27. The third-order valence-electron chi connectivity index (χ3n) is 2.86. The lowest BCUT2D eigenvalue weighted by atomic mass is 10.0. The van der Waals surface area contributed by atoms with E-state index >= 15 is 0 Å². The molecular weight excluding hydrogens is 316 g/mol. The highest BCUT2D eigenvalue weighted by Gasteiger charge is 2.14. The van der Waals surface area contributed by atoms with Crippen molar-refractivity contribution in [2.24, 2.45) is 0 Å². The lowest BCUT2D eigenvalue weighted by Crippen LogP contribution is -2.18. The summed E-state index contributed by atoms with van der Waals surface area (Å²) in [5.41, 5.74) is 0.552. The number of nitrogens with zero attached hydrogens (tertiary/aromatic N) is 2. The number of benzene rings is 1. The first-order valence-corrected chi connectivity index (χ1v) is 6.58. The molecule has 0 bridgehead atoms. The van der Waals surface area contributed by atoms with E-state index in [-0.39, 0.29) is 12.0 Å². The van der Waals surface area contributed by atoms with Crippen molar-refractivity contribution in [2.45, 2.75) is 19.5 Å². The second kappa shape index (κ2) is 7.00. The molecule has 1 heterocycles. The number of halogens is 3. The Bertz CT molecular complexity index is 771. The average molecular weight is 326 g/mol. The molecular formula is C14H10ClF2N3O2. The van der Waals surface area contributed by atoms with E-state index in [0.717, 1.165) is 6.33 Å². The zero-order chi connectivity index (χ0) is 16.1. The fourth-order valence-electron chi connectivity index (χ4n) is 1.95. The Kier molecular flexibility index (Phi) is 5.07. The molecule has 0 radical (unpaired) electrons. The maximum atomic E-state index is 12.3. The van der Waals surface area contributed by atoms with Crippen LogP contribution >= 0.6 is 11.6 Å². The number of hydrogen-bond donors (Lipinski definition) is 1. The van der Waals surface area contributed by atoms with Crippen LogP contribution in [0.25, 0.3) is 0 Å². The van der Waals surface area contributed by atoms with Crippen LogP contribution in [0.3, 0.4) is 0 Å². The zero-order valence-electron chi connectivity index (χ0n) is 11.1. The molecule has 0 aliphatic carbocycles. The Morgan fingerprint density at radius 3 is 2.82 bits per heavy atom. The highest BCUT2D eigenvalue weighted by Crippen LogP contribution is 2.19. The summed E-state index contributed by atoms with van der Waals surface area (Å²) >= 11 is 5.89. The second-order valence-electron chi connectivity index (χ2n) is 4.35. The molecule has 0 aliphatic heterocycles. The van der Waals surface area contributed by atoms with Gasteiger partial charge in [0.2, 0.25) is 5.88 Å². The fraction of sp³-hybridized carbons (Fsp3) is 0.214. The Balaban J connectivity index is 2.23. The zero-order valence-corrected chi connectivity index (χ0v) is 11.9. The van der Waals surface area contributed by atoms with Crippen LogP contribution in [-0.2, 0) is 12.8 Å². The number of ether oxygens (including phenoxy) is 1. The van der Waals surface area contributed by atoms with E-state index in [1.165, 1.54) is 6.07 Å². The number of nitriles is 1. The molecule has 0 saturated heterocycles. The summed E-state index contributed by atoms with van der Waals surface area (Å²) in [4.78, 5) is 17.7. The number of alkyl halides is 2. The summed E-state index contributed by atoms with van der Waals surface area (Å²) < 4.78 is 28.9. The van der Waals surface area contributed by atoms with Crippen molar-refractivity contribution >= 4 is 11.6 Å². The molecule has 5 nitrogen and oxygen atoms in total.